The van der Waals surface area contributed by atoms with Crippen molar-refractivity contribution in [1.82, 2.24) is 4.98 Å². The minimum atomic E-state index is 0.0762. The Labute approximate surface area is 107 Å². The van der Waals surface area contributed by atoms with Crippen molar-refractivity contribution in [2.75, 3.05) is 12.4 Å². The molecular formula is C15H16N2O. The number of nitrogens with one attached hydrogen (secondary N) is 1. The lowest BCUT2D eigenvalue weighted by molar-refractivity contribution is 0.415. The third kappa shape index (κ3) is 2.54. The zero-order chi connectivity index (χ0) is 13.0. The second kappa shape index (κ2) is 5.42. The van der Waals surface area contributed by atoms with Gasteiger partial charge in [-0.25, -0.2) is 0 Å². The van der Waals surface area contributed by atoms with E-state index < -0.39 is 0 Å². The monoisotopic (exact) mass is 240 g/mol. The zero-order valence-corrected chi connectivity index (χ0v) is 10.8. The highest BCUT2D eigenvalue weighted by atomic mass is 16.5. The highest BCUT2D eigenvalue weighted by Gasteiger charge is 2.07. The third-order valence-electron chi connectivity index (χ3n) is 2.65. The molecule has 1 unspecified atom stereocenters. The van der Waals surface area contributed by atoms with Crippen LogP contribution in [0.4, 0.5) is 5.69 Å². The molecule has 3 nitrogen and oxygen atoms in total. The van der Waals surface area contributed by atoms with Gasteiger partial charge in [0.1, 0.15) is 5.75 Å². The van der Waals surface area contributed by atoms with E-state index in [4.69, 9.17) is 4.74 Å². The lowest BCUT2D eigenvalue weighted by Gasteiger charge is -2.13. The quantitative estimate of drug-likeness (QED) is 0.837. The Morgan fingerprint density at radius 3 is 2.94 bits per heavy atom. The Hall–Kier alpha value is -2.21. The van der Waals surface area contributed by atoms with Crippen LogP contribution in [0, 0.1) is 11.8 Å². The van der Waals surface area contributed by atoms with Crippen LogP contribution in [-0.4, -0.2) is 18.1 Å². The number of fused-ring (bicyclic) bond motifs is 1. The van der Waals surface area contributed by atoms with Crippen LogP contribution >= 0.6 is 0 Å². The van der Waals surface area contributed by atoms with E-state index >= 15 is 0 Å². The molecule has 3 heteroatoms. The summed E-state index contributed by atoms with van der Waals surface area (Å²) in [6, 6.07) is 7.94. The van der Waals surface area contributed by atoms with Gasteiger partial charge in [-0.05, 0) is 26.0 Å². The molecule has 0 radical (unpaired) electrons. The van der Waals surface area contributed by atoms with E-state index in [2.05, 4.69) is 22.1 Å². The summed E-state index contributed by atoms with van der Waals surface area (Å²) in [5.41, 5.74) is 1.88. The molecule has 2 aromatic rings. The topological polar surface area (TPSA) is 34.1 Å². The van der Waals surface area contributed by atoms with Gasteiger partial charge in [-0.3, -0.25) is 4.98 Å². The van der Waals surface area contributed by atoms with Crippen LogP contribution in [0.2, 0.25) is 0 Å². The van der Waals surface area contributed by atoms with Crippen molar-refractivity contribution in [3.8, 4) is 17.6 Å². The van der Waals surface area contributed by atoms with Gasteiger partial charge in [-0.1, -0.05) is 12.0 Å². The van der Waals surface area contributed by atoms with Gasteiger partial charge in [-0.2, -0.15) is 0 Å². The maximum atomic E-state index is 5.30. The third-order valence-corrected chi connectivity index (χ3v) is 2.65. The average Bonchev–Trinajstić information content (AvgIpc) is 2.38. The molecule has 1 aromatic carbocycles. The van der Waals surface area contributed by atoms with Gasteiger partial charge in [0.2, 0.25) is 0 Å². The molecule has 0 bridgehead atoms. The lowest BCUT2D eigenvalue weighted by atomic mass is 10.1. The van der Waals surface area contributed by atoms with E-state index in [0.717, 1.165) is 22.3 Å². The van der Waals surface area contributed by atoms with Crippen LogP contribution in [-0.2, 0) is 0 Å². The second-order valence-corrected chi connectivity index (χ2v) is 4.01. The Bertz CT molecular complexity index is 611. The Morgan fingerprint density at radius 1 is 1.39 bits per heavy atom. The number of hydrogen-bond acceptors (Lipinski definition) is 3. The molecular weight excluding hydrogens is 224 g/mol. The minimum Gasteiger partial charge on any atom is -0.497 e. The number of ether oxygens (including phenoxy) is 1. The van der Waals surface area contributed by atoms with E-state index in [1.165, 1.54) is 0 Å². The highest BCUT2D eigenvalue weighted by molar-refractivity contribution is 5.92. The summed E-state index contributed by atoms with van der Waals surface area (Å²) >= 11 is 0. The van der Waals surface area contributed by atoms with Gasteiger partial charge >= 0.3 is 0 Å². The summed E-state index contributed by atoms with van der Waals surface area (Å²) in [5.74, 6) is 6.78. The van der Waals surface area contributed by atoms with Crippen molar-refractivity contribution in [2.45, 2.75) is 19.9 Å². The molecule has 0 amide bonds. The van der Waals surface area contributed by atoms with Gasteiger partial charge in [0.15, 0.2) is 0 Å². The molecule has 92 valence electrons. The molecule has 1 heterocycles. The number of aromatic nitrogens is 1. The van der Waals surface area contributed by atoms with E-state index in [-0.39, 0.29) is 6.04 Å². The molecule has 0 aliphatic rings. The lowest BCUT2D eigenvalue weighted by Crippen LogP contribution is -2.13. The SMILES string of the molecule is CC#CC(C)Nc1cc(OC)cc2cccnc12. The molecule has 0 saturated heterocycles. The van der Waals surface area contributed by atoms with E-state index in [9.17, 15) is 0 Å². The molecule has 2 rings (SSSR count). The fourth-order valence-corrected chi connectivity index (χ4v) is 1.88. The number of methoxy groups -OCH3 is 1. The molecule has 1 aromatic heterocycles. The standard InChI is InChI=1S/C15H16N2O/c1-4-6-11(2)17-14-10-13(18-3)9-12-7-5-8-16-15(12)14/h5,7-11,17H,1-3H3. The summed E-state index contributed by atoms with van der Waals surface area (Å²) < 4.78 is 5.30. The number of hydrogen-bond donors (Lipinski definition) is 1. The highest BCUT2D eigenvalue weighted by Crippen LogP contribution is 2.27. The van der Waals surface area contributed by atoms with E-state index in [0.29, 0.717) is 0 Å². The van der Waals surface area contributed by atoms with Crippen LogP contribution in [0.15, 0.2) is 30.5 Å². The van der Waals surface area contributed by atoms with Crippen molar-refractivity contribution >= 4 is 16.6 Å². The van der Waals surface area contributed by atoms with Gasteiger partial charge in [-0.15, -0.1) is 5.92 Å². The summed E-state index contributed by atoms with van der Waals surface area (Å²) in [6.07, 6.45) is 1.79. The minimum absolute atomic E-state index is 0.0762. The van der Waals surface area contributed by atoms with Crippen LogP contribution in [0.3, 0.4) is 0 Å². The molecule has 0 saturated carbocycles. The van der Waals surface area contributed by atoms with E-state index in [1.54, 1.807) is 13.3 Å². The summed E-state index contributed by atoms with van der Waals surface area (Å²) in [7, 11) is 1.66. The summed E-state index contributed by atoms with van der Waals surface area (Å²) in [4.78, 5) is 4.40. The molecule has 0 aliphatic carbocycles. The molecule has 0 fully saturated rings. The fourth-order valence-electron chi connectivity index (χ4n) is 1.88. The first-order valence-electron chi connectivity index (χ1n) is 5.86. The number of nitrogens with zero attached hydrogens (tertiary/aromatic N) is 1. The first-order chi connectivity index (χ1) is 8.74. The van der Waals surface area contributed by atoms with Crippen LogP contribution in [0.5, 0.6) is 5.75 Å². The predicted octanol–water partition coefficient (Wildman–Crippen LogP) is 3.07. The average molecular weight is 240 g/mol. The first kappa shape index (κ1) is 12.3. The Balaban J connectivity index is 2.48. The van der Waals surface area contributed by atoms with Crippen molar-refractivity contribution in [3.63, 3.8) is 0 Å². The van der Waals surface area contributed by atoms with Crippen molar-refractivity contribution < 1.29 is 4.74 Å². The smallest absolute Gasteiger partial charge is 0.121 e. The molecule has 0 spiro atoms. The second-order valence-electron chi connectivity index (χ2n) is 4.01. The molecule has 1 atom stereocenters. The summed E-state index contributed by atoms with van der Waals surface area (Å²) in [5, 5.41) is 4.40. The largest absolute Gasteiger partial charge is 0.497 e. The maximum Gasteiger partial charge on any atom is 0.121 e. The fraction of sp³-hybridized carbons (Fsp3) is 0.267. The zero-order valence-electron chi connectivity index (χ0n) is 10.8. The summed E-state index contributed by atoms with van der Waals surface area (Å²) in [6.45, 7) is 3.85. The van der Waals surface area contributed by atoms with Crippen molar-refractivity contribution in [3.05, 3.63) is 30.5 Å². The number of anilines is 1. The van der Waals surface area contributed by atoms with Crippen LogP contribution < -0.4 is 10.1 Å². The van der Waals surface area contributed by atoms with E-state index in [1.807, 2.05) is 38.1 Å². The number of pyridine rings is 1. The number of rotatable bonds is 3. The van der Waals surface area contributed by atoms with Gasteiger partial charge in [0.05, 0.1) is 24.4 Å². The van der Waals surface area contributed by atoms with Crippen LogP contribution in [0.1, 0.15) is 13.8 Å². The van der Waals surface area contributed by atoms with Crippen molar-refractivity contribution in [2.24, 2.45) is 0 Å². The molecule has 18 heavy (non-hydrogen) atoms. The predicted molar refractivity (Wildman–Crippen MR) is 74.8 cm³/mol. The van der Waals surface area contributed by atoms with Gasteiger partial charge in [0, 0.05) is 17.6 Å². The van der Waals surface area contributed by atoms with Crippen molar-refractivity contribution in [1.29, 1.82) is 0 Å². The van der Waals surface area contributed by atoms with Gasteiger partial charge < -0.3 is 10.1 Å². The van der Waals surface area contributed by atoms with Crippen LogP contribution in [0.25, 0.3) is 10.9 Å². The molecule has 0 aliphatic heterocycles. The Morgan fingerprint density at radius 2 is 2.22 bits per heavy atom. The number of benzene rings is 1. The Kier molecular flexibility index (Phi) is 3.69. The van der Waals surface area contributed by atoms with Gasteiger partial charge in [0.25, 0.3) is 0 Å². The first-order valence-corrected chi connectivity index (χ1v) is 5.86. The maximum absolute atomic E-state index is 5.30. The molecule has 1 N–H and O–H groups in total. The normalized spacial score (nSPS) is 11.5.